The Balaban J connectivity index is 1.37. The van der Waals surface area contributed by atoms with E-state index in [1.807, 2.05) is 0 Å². The standard InChI is InChI=1S/C23H23N3O8S/c1-16-2-8-21(20(14-16)26(28)29)33-15-18-5-9-22(34-18)23(27)24-17-3-6-19(7-4-17)35(30,31)25-10-12-32-13-11-25/h2-9,14H,10-13,15H2,1H3,(H,24,27). The first kappa shape index (κ1) is 24.4. The summed E-state index contributed by atoms with van der Waals surface area (Å²) >= 11 is 0. The van der Waals surface area contributed by atoms with E-state index in [-0.39, 0.29) is 28.7 Å². The largest absolute Gasteiger partial charge is 0.479 e. The van der Waals surface area contributed by atoms with Gasteiger partial charge in [0, 0.05) is 24.8 Å². The zero-order chi connectivity index (χ0) is 25.0. The Bertz CT molecular complexity index is 1330. The fourth-order valence-electron chi connectivity index (χ4n) is 3.46. The van der Waals surface area contributed by atoms with Crippen molar-refractivity contribution in [3.63, 3.8) is 0 Å². The predicted molar refractivity (Wildman–Crippen MR) is 125 cm³/mol. The first-order valence-corrected chi connectivity index (χ1v) is 12.1. The summed E-state index contributed by atoms with van der Waals surface area (Å²) in [5.74, 6) is -0.138. The molecule has 1 N–H and O–H groups in total. The minimum atomic E-state index is -3.63. The second-order valence-electron chi connectivity index (χ2n) is 7.78. The van der Waals surface area contributed by atoms with E-state index in [0.29, 0.717) is 37.8 Å². The molecule has 0 aliphatic carbocycles. The molecule has 2 heterocycles. The van der Waals surface area contributed by atoms with Gasteiger partial charge >= 0.3 is 5.69 Å². The molecule has 1 aromatic heterocycles. The molecule has 35 heavy (non-hydrogen) atoms. The molecule has 0 saturated carbocycles. The highest BCUT2D eigenvalue weighted by Gasteiger charge is 2.26. The van der Waals surface area contributed by atoms with E-state index in [1.165, 1.54) is 52.8 Å². The maximum Gasteiger partial charge on any atom is 0.311 e. The van der Waals surface area contributed by atoms with Crippen molar-refractivity contribution >= 4 is 27.3 Å². The molecule has 1 amide bonds. The average molecular weight is 502 g/mol. The van der Waals surface area contributed by atoms with E-state index >= 15 is 0 Å². The van der Waals surface area contributed by atoms with Gasteiger partial charge in [0.15, 0.2) is 11.5 Å². The Morgan fingerprint density at radius 3 is 2.51 bits per heavy atom. The van der Waals surface area contributed by atoms with E-state index in [2.05, 4.69) is 5.32 Å². The molecule has 0 unspecified atom stereocenters. The van der Waals surface area contributed by atoms with Crippen molar-refractivity contribution in [3.05, 3.63) is 81.8 Å². The average Bonchev–Trinajstić information content (AvgIpc) is 3.33. The van der Waals surface area contributed by atoms with Gasteiger partial charge in [0.05, 0.1) is 23.0 Å². The number of ether oxygens (including phenoxy) is 2. The maximum absolute atomic E-state index is 12.7. The molecule has 0 spiro atoms. The Morgan fingerprint density at radius 1 is 1.11 bits per heavy atom. The van der Waals surface area contributed by atoms with Gasteiger partial charge in [0.1, 0.15) is 12.4 Å². The van der Waals surface area contributed by atoms with Crippen molar-refractivity contribution in [2.24, 2.45) is 0 Å². The number of nitro benzene ring substituents is 1. The summed E-state index contributed by atoms with van der Waals surface area (Å²) in [6.45, 7) is 2.93. The van der Waals surface area contributed by atoms with E-state index in [9.17, 15) is 23.3 Å². The third kappa shape index (κ3) is 5.67. The van der Waals surface area contributed by atoms with Crippen LogP contribution in [0.5, 0.6) is 5.75 Å². The van der Waals surface area contributed by atoms with Gasteiger partial charge in [0.2, 0.25) is 10.0 Å². The first-order chi connectivity index (χ1) is 16.7. The Morgan fingerprint density at radius 2 is 1.83 bits per heavy atom. The number of hydrogen-bond donors (Lipinski definition) is 1. The summed E-state index contributed by atoms with van der Waals surface area (Å²) in [4.78, 5) is 23.4. The van der Waals surface area contributed by atoms with Crippen LogP contribution >= 0.6 is 0 Å². The Hall–Kier alpha value is -3.74. The molecule has 0 bridgehead atoms. The fourth-order valence-corrected chi connectivity index (χ4v) is 4.87. The van der Waals surface area contributed by atoms with Crippen LogP contribution in [0.4, 0.5) is 11.4 Å². The first-order valence-electron chi connectivity index (χ1n) is 10.7. The second-order valence-corrected chi connectivity index (χ2v) is 9.72. The molecular formula is C23H23N3O8S. The van der Waals surface area contributed by atoms with Gasteiger partial charge in [-0.3, -0.25) is 14.9 Å². The molecule has 184 valence electrons. The van der Waals surface area contributed by atoms with Crippen LogP contribution in [0.25, 0.3) is 0 Å². The summed E-state index contributed by atoms with van der Waals surface area (Å²) in [5.41, 5.74) is 0.960. The summed E-state index contributed by atoms with van der Waals surface area (Å²) in [7, 11) is -3.63. The molecule has 3 aromatic rings. The summed E-state index contributed by atoms with van der Waals surface area (Å²) in [6, 6.07) is 13.4. The number of aryl methyl sites for hydroxylation is 1. The number of rotatable bonds is 8. The highest BCUT2D eigenvalue weighted by Crippen LogP contribution is 2.28. The normalized spacial score (nSPS) is 14.4. The van der Waals surface area contributed by atoms with E-state index in [4.69, 9.17) is 13.9 Å². The number of nitro groups is 1. The van der Waals surface area contributed by atoms with Crippen LogP contribution in [0.2, 0.25) is 0 Å². The molecule has 4 rings (SSSR count). The van der Waals surface area contributed by atoms with Crippen molar-refractivity contribution in [1.82, 2.24) is 4.31 Å². The molecule has 0 atom stereocenters. The van der Waals surface area contributed by atoms with Gasteiger partial charge in [-0.15, -0.1) is 0 Å². The zero-order valence-electron chi connectivity index (χ0n) is 18.8. The second kappa shape index (κ2) is 10.3. The highest BCUT2D eigenvalue weighted by molar-refractivity contribution is 7.89. The van der Waals surface area contributed by atoms with Crippen LogP contribution < -0.4 is 10.1 Å². The smallest absolute Gasteiger partial charge is 0.311 e. The van der Waals surface area contributed by atoms with Crippen LogP contribution in [0, 0.1) is 17.0 Å². The maximum atomic E-state index is 12.7. The van der Waals surface area contributed by atoms with Crippen LogP contribution in [0.1, 0.15) is 21.9 Å². The number of morpholine rings is 1. The minimum absolute atomic E-state index is 0.00650. The number of sulfonamides is 1. The zero-order valence-corrected chi connectivity index (χ0v) is 19.6. The van der Waals surface area contributed by atoms with Crippen LogP contribution in [-0.2, 0) is 21.4 Å². The molecule has 1 saturated heterocycles. The monoisotopic (exact) mass is 501 g/mol. The molecule has 11 nitrogen and oxygen atoms in total. The number of carbonyl (C=O) groups excluding carboxylic acids is 1. The molecule has 1 aliphatic heterocycles. The third-order valence-corrected chi connectivity index (χ3v) is 7.20. The lowest BCUT2D eigenvalue weighted by Gasteiger charge is -2.26. The van der Waals surface area contributed by atoms with E-state index in [1.54, 1.807) is 13.0 Å². The lowest BCUT2D eigenvalue weighted by molar-refractivity contribution is -0.386. The van der Waals surface area contributed by atoms with Gasteiger partial charge in [-0.25, -0.2) is 8.42 Å². The SMILES string of the molecule is Cc1ccc(OCc2ccc(C(=O)Nc3ccc(S(=O)(=O)N4CCOCC4)cc3)o2)c([N+](=O)[O-])c1. The summed E-state index contributed by atoms with van der Waals surface area (Å²) in [6.07, 6.45) is 0. The van der Waals surface area contributed by atoms with Gasteiger partial charge in [-0.05, 0) is 55.0 Å². The van der Waals surface area contributed by atoms with E-state index < -0.39 is 20.9 Å². The minimum Gasteiger partial charge on any atom is -0.479 e. The Kier molecular flexibility index (Phi) is 7.15. The number of nitrogens with zero attached hydrogens (tertiary/aromatic N) is 2. The predicted octanol–water partition coefficient (Wildman–Crippen LogP) is 3.35. The van der Waals surface area contributed by atoms with Crippen molar-refractivity contribution in [2.75, 3.05) is 31.6 Å². The van der Waals surface area contributed by atoms with Gasteiger partial charge in [0.25, 0.3) is 5.91 Å². The number of furan rings is 1. The highest BCUT2D eigenvalue weighted by atomic mass is 32.2. The van der Waals surface area contributed by atoms with Crippen molar-refractivity contribution in [3.8, 4) is 5.75 Å². The topological polar surface area (TPSA) is 141 Å². The van der Waals surface area contributed by atoms with Gasteiger partial charge in [-0.2, -0.15) is 4.31 Å². The van der Waals surface area contributed by atoms with Crippen molar-refractivity contribution in [2.45, 2.75) is 18.4 Å². The number of benzene rings is 2. The van der Waals surface area contributed by atoms with Crippen LogP contribution in [0.15, 0.2) is 63.9 Å². The fraction of sp³-hybridized carbons (Fsp3) is 0.261. The number of nitrogens with one attached hydrogen (secondary N) is 1. The number of carbonyl (C=O) groups is 1. The third-order valence-electron chi connectivity index (χ3n) is 5.29. The van der Waals surface area contributed by atoms with Gasteiger partial charge in [-0.1, -0.05) is 6.07 Å². The van der Waals surface area contributed by atoms with Crippen LogP contribution in [0.3, 0.4) is 0 Å². The lowest BCUT2D eigenvalue weighted by Crippen LogP contribution is -2.40. The molecule has 1 aliphatic rings. The molecule has 0 radical (unpaired) electrons. The Labute approximate surface area is 201 Å². The number of amides is 1. The van der Waals surface area contributed by atoms with Crippen molar-refractivity contribution < 1.29 is 32.0 Å². The lowest BCUT2D eigenvalue weighted by atomic mass is 10.2. The van der Waals surface area contributed by atoms with Crippen LogP contribution in [-0.4, -0.2) is 49.9 Å². The molecule has 12 heteroatoms. The quantitative estimate of drug-likeness (QED) is 0.366. The van der Waals surface area contributed by atoms with Gasteiger partial charge < -0.3 is 19.2 Å². The summed E-state index contributed by atoms with van der Waals surface area (Å²) in [5, 5.41) is 13.9. The molecular weight excluding hydrogens is 478 g/mol. The number of anilines is 1. The van der Waals surface area contributed by atoms with E-state index in [0.717, 1.165) is 5.56 Å². The number of hydrogen-bond acceptors (Lipinski definition) is 8. The summed E-state index contributed by atoms with van der Waals surface area (Å²) < 4.78 is 43.0. The molecule has 1 fully saturated rings. The van der Waals surface area contributed by atoms with Crippen molar-refractivity contribution in [1.29, 1.82) is 0 Å². The molecule has 2 aromatic carbocycles.